The Labute approximate surface area is 195 Å². The van der Waals surface area contributed by atoms with Crippen molar-refractivity contribution >= 4 is 23.9 Å². The van der Waals surface area contributed by atoms with Crippen LogP contribution in [0.15, 0.2) is 71.4 Å². The fourth-order valence-electron chi connectivity index (χ4n) is 3.43. The number of ether oxygens (including phenoxy) is 5. The molecule has 0 amide bonds. The summed E-state index contributed by atoms with van der Waals surface area (Å²) in [5.41, 5.74) is 2.81. The van der Waals surface area contributed by atoms with Gasteiger partial charge in [0.25, 0.3) is 0 Å². The Morgan fingerprint density at radius 2 is 1.76 bits per heavy atom. The third-order valence-corrected chi connectivity index (χ3v) is 5.22. The van der Waals surface area contributed by atoms with Gasteiger partial charge in [-0.3, -0.25) is 0 Å². The lowest BCUT2D eigenvalue weighted by Crippen LogP contribution is -2.09. The molecule has 0 bridgehead atoms. The average molecular weight is 457 g/mol. The number of esters is 2. The summed E-state index contributed by atoms with van der Waals surface area (Å²) in [5, 5.41) is 0. The van der Waals surface area contributed by atoms with Gasteiger partial charge in [0, 0.05) is 5.56 Å². The number of cyclic esters (lactones) is 1. The second-order valence-corrected chi connectivity index (χ2v) is 7.57. The van der Waals surface area contributed by atoms with Gasteiger partial charge in [0.15, 0.2) is 28.7 Å². The highest BCUT2D eigenvalue weighted by Gasteiger charge is 2.26. The normalized spacial score (nSPS) is 15.2. The number of carbonyl (C=O) groups is 2. The van der Waals surface area contributed by atoms with Crippen molar-refractivity contribution in [1.82, 2.24) is 0 Å². The third kappa shape index (κ3) is 4.21. The molecule has 2 aliphatic rings. The zero-order chi connectivity index (χ0) is 23.7. The van der Waals surface area contributed by atoms with Crippen LogP contribution in [0, 0.1) is 6.92 Å². The fourth-order valence-corrected chi connectivity index (χ4v) is 3.43. The minimum Gasteiger partial charge on any atom is -0.493 e. The van der Waals surface area contributed by atoms with Gasteiger partial charge in [0.1, 0.15) is 0 Å². The molecule has 2 heterocycles. The third-order valence-electron chi connectivity index (χ3n) is 5.22. The molecule has 0 spiro atoms. The van der Waals surface area contributed by atoms with Crippen LogP contribution in [0.25, 0.3) is 6.08 Å². The number of aryl methyl sites for hydroxylation is 1. The Morgan fingerprint density at radius 3 is 2.56 bits per heavy atom. The van der Waals surface area contributed by atoms with E-state index in [1.165, 1.54) is 7.11 Å². The highest BCUT2D eigenvalue weighted by Crippen LogP contribution is 2.34. The van der Waals surface area contributed by atoms with E-state index in [0.29, 0.717) is 33.9 Å². The molecule has 2 aliphatic heterocycles. The van der Waals surface area contributed by atoms with E-state index in [2.05, 4.69) is 4.99 Å². The van der Waals surface area contributed by atoms with E-state index in [4.69, 9.17) is 23.7 Å². The lowest BCUT2D eigenvalue weighted by Gasteiger charge is -2.10. The van der Waals surface area contributed by atoms with Gasteiger partial charge in [-0.25, -0.2) is 14.6 Å². The molecule has 0 aliphatic carbocycles. The molecule has 0 unspecified atom stereocenters. The molecular formula is C26H19NO7. The van der Waals surface area contributed by atoms with Crippen LogP contribution in [0.3, 0.4) is 0 Å². The summed E-state index contributed by atoms with van der Waals surface area (Å²) in [6.07, 6.45) is 1.57. The van der Waals surface area contributed by atoms with Gasteiger partial charge < -0.3 is 23.7 Å². The Hall–Kier alpha value is -4.59. The lowest BCUT2D eigenvalue weighted by atomic mass is 10.1. The number of benzene rings is 3. The van der Waals surface area contributed by atoms with Crippen LogP contribution >= 0.6 is 0 Å². The molecule has 0 fully saturated rings. The molecule has 3 aromatic carbocycles. The van der Waals surface area contributed by atoms with E-state index < -0.39 is 11.9 Å². The summed E-state index contributed by atoms with van der Waals surface area (Å²) < 4.78 is 26.9. The number of fused-ring (bicyclic) bond motifs is 1. The van der Waals surface area contributed by atoms with Crippen molar-refractivity contribution in [3.63, 3.8) is 0 Å². The molecule has 0 aromatic heterocycles. The number of rotatable bonds is 5. The second kappa shape index (κ2) is 8.74. The van der Waals surface area contributed by atoms with Gasteiger partial charge in [0.05, 0.1) is 12.7 Å². The van der Waals surface area contributed by atoms with Crippen molar-refractivity contribution in [2.45, 2.75) is 6.92 Å². The van der Waals surface area contributed by atoms with E-state index in [9.17, 15) is 9.59 Å². The van der Waals surface area contributed by atoms with Crippen LogP contribution in [-0.4, -0.2) is 31.7 Å². The first kappa shape index (κ1) is 21.3. The van der Waals surface area contributed by atoms with Crippen LogP contribution in [0.5, 0.6) is 23.0 Å². The lowest BCUT2D eigenvalue weighted by molar-refractivity contribution is -0.129. The van der Waals surface area contributed by atoms with Crippen LogP contribution in [0.4, 0.5) is 0 Å². The summed E-state index contributed by atoms with van der Waals surface area (Å²) in [7, 11) is 1.47. The number of nitrogens with zero attached hydrogens (tertiary/aromatic N) is 1. The minimum atomic E-state index is -0.582. The number of hydrogen-bond acceptors (Lipinski definition) is 8. The predicted molar refractivity (Wildman–Crippen MR) is 122 cm³/mol. The highest BCUT2D eigenvalue weighted by molar-refractivity contribution is 6.13. The molecule has 5 rings (SSSR count). The molecule has 8 heteroatoms. The Balaban J connectivity index is 1.37. The first-order valence-corrected chi connectivity index (χ1v) is 10.4. The van der Waals surface area contributed by atoms with E-state index >= 15 is 0 Å². The van der Waals surface area contributed by atoms with Crippen molar-refractivity contribution in [2.24, 2.45) is 4.99 Å². The highest BCUT2D eigenvalue weighted by atomic mass is 16.7. The smallest absolute Gasteiger partial charge is 0.363 e. The molecule has 0 radical (unpaired) electrons. The summed E-state index contributed by atoms with van der Waals surface area (Å²) in [6.45, 7) is 2.09. The van der Waals surface area contributed by atoms with Gasteiger partial charge in [-0.15, -0.1) is 0 Å². The number of carbonyl (C=O) groups excluding carboxylic acids is 2. The molecule has 3 aromatic rings. The molecule has 0 N–H and O–H groups in total. The summed E-state index contributed by atoms with van der Waals surface area (Å²) >= 11 is 0. The standard InChI is InChI=1S/C26H19NO7/c1-15-3-6-17(7-4-15)25(28)33-21-9-5-16(12-22(21)30-2)11-19-26(29)34-24(27-19)18-8-10-20-23(13-18)32-14-31-20/h3-13H,14H2,1-2H3/b19-11+. The second-order valence-electron chi connectivity index (χ2n) is 7.57. The fraction of sp³-hybridized carbons (Fsp3) is 0.115. The first-order chi connectivity index (χ1) is 16.5. The Kier molecular flexibility index (Phi) is 5.47. The summed E-state index contributed by atoms with van der Waals surface area (Å²) in [6, 6.07) is 17.2. The van der Waals surface area contributed by atoms with Gasteiger partial charge in [-0.1, -0.05) is 23.8 Å². The monoisotopic (exact) mass is 457 g/mol. The predicted octanol–water partition coefficient (Wildman–Crippen LogP) is 4.30. The van der Waals surface area contributed by atoms with E-state index in [0.717, 1.165) is 5.56 Å². The van der Waals surface area contributed by atoms with Crippen molar-refractivity contribution < 1.29 is 33.3 Å². The Morgan fingerprint density at radius 1 is 0.971 bits per heavy atom. The minimum absolute atomic E-state index is 0.124. The van der Waals surface area contributed by atoms with Crippen molar-refractivity contribution in [3.05, 3.63) is 88.6 Å². The maximum absolute atomic E-state index is 12.5. The molecule has 170 valence electrons. The van der Waals surface area contributed by atoms with Gasteiger partial charge in [-0.2, -0.15) is 0 Å². The Bertz CT molecular complexity index is 1360. The van der Waals surface area contributed by atoms with Gasteiger partial charge in [-0.05, 0) is 61.0 Å². The molecule has 0 saturated carbocycles. The van der Waals surface area contributed by atoms with Crippen molar-refractivity contribution in [3.8, 4) is 23.0 Å². The van der Waals surface area contributed by atoms with Gasteiger partial charge in [0.2, 0.25) is 12.7 Å². The molecule has 8 nitrogen and oxygen atoms in total. The van der Waals surface area contributed by atoms with Crippen LogP contribution < -0.4 is 18.9 Å². The molecule has 34 heavy (non-hydrogen) atoms. The molecule has 0 saturated heterocycles. The average Bonchev–Trinajstić information content (AvgIpc) is 3.46. The quantitative estimate of drug-likeness (QED) is 0.320. The number of hydrogen-bond donors (Lipinski definition) is 0. The largest absolute Gasteiger partial charge is 0.493 e. The first-order valence-electron chi connectivity index (χ1n) is 10.4. The number of methoxy groups -OCH3 is 1. The number of aliphatic imine (C=N–C) groups is 1. The van der Waals surface area contributed by atoms with E-state index in [-0.39, 0.29) is 24.1 Å². The maximum atomic E-state index is 12.5. The topological polar surface area (TPSA) is 92.7 Å². The van der Waals surface area contributed by atoms with Crippen LogP contribution in [-0.2, 0) is 9.53 Å². The zero-order valence-electron chi connectivity index (χ0n) is 18.4. The van der Waals surface area contributed by atoms with E-state index in [1.54, 1.807) is 54.6 Å². The van der Waals surface area contributed by atoms with Crippen molar-refractivity contribution in [1.29, 1.82) is 0 Å². The van der Waals surface area contributed by atoms with Crippen LogP contribution in [0.2, 0.25) is 0 Å². The molecule has 0 atom stereocenters. The summed E-state index contributed by atoms with van der Waals surface area (Å²) in [4.78, 5) is 29.2. The van der Waals surface area contributed by atoms with Crippen LogP contribution in [0.1, 0.15) is 27.0 Å². The van der Waals surface area contributed by atoms with Gasteiger partial charge >= 0.3 is 11.9 Å². The SMILES string of the molecule is COc1cc(/C=C2/N=C(c3ccc4c(c3)OCO4)OC2=O)ccc1OC(=O)c1ccc(C)cc1. The van der Waals surface area contributed by atoms with Crippen molar-refractivity contribution in [2.75, 3.05) is 13.9 Å². The zero-order valence-corrected chi connectivity index (χ0v) is 18.4. The maximum Gasteiger partial charge on any atom is 0.363 e. The summed E-state index contributed by atoms with van der Waals surface area (Å²) in [5.74, 6) is 0.872. The molecular weight excluding hydrogens is 438 g/mol. The van der Waals surface area contributed by atoms with E-state index in [1.807, 2.05) is 19.1 Å².